The van der Waals surface area contributed by atoms with Gasteiger partial charge in [-0.3, -0.25) is 0 Å². The minimum atomic E-state index is -0.949. The first-order chi connectivity index (χ1) is 6.65. The quantitative estimate of drug-likeness (QED) is 0.797. The monoisotopic (exact) mass is 194 g/mol. The van der Waals surface area contributed by atoms with Crippen LogP contribution in [0.4, 0.5) is 0 Å². The molecule has 0 bridgehead atoms. The lowest BCUT2D eigenvalue weighted by atomic mass is 10.1. The van der Waals surface area contributed by atoms with E-state index >= 15 is 0 Å². The number of carboxylic acids is 1. The maximum atomic E-state index is 10.4. The van der Waals surface area contributed by atoms with Gasteiger partial charge in [0, 0.05) is 0 Å². The minimum absolute atomic E-state index is 0.280. The number of benzene rings is 1. The van der Waals surface area contributed by atoms with Crippen LogP contribution in [0.25, 0.3) is 0 Å². The van der Waals surface area contributed by atoms with Gasteiger partial charge in [0.1, 0.15) is 5.75 Å². The summed E-state index contributed by atoms with van der Waals surface area (Å²) in [4.78, 5) is 10.4. The van der Waals surface area contributed by atoms with Gasteiger partial charge in [-0.05, 0) is 24.5 Å². The predicted octanol–water partition coefficient (Wildman–Crippen LogP) is 2.02. The molecule has 0 saturated carbocycles. The van der Waals surface area contributed by atoms with E-state index in [2.05, 4.69) is 0 Å². The Bertz CT molecular complexity index is 331. The number of hydrogen-bond acceptors (Lipinski definition) is 2. The van der Waals surface area contributed by atoms with Gasteiger partial charge in [0.25, 0.3) is 0 Å². The summed E-state index contributed by atoms with van der Waals surface area (Å²) in [6.07, 6.45) is 0.844. The zero-order chi connectivity index (χ0) is 10.6. The van der Waals surface area contributed by atoms with Crippen molar-refractivity contribution in [2.45, 2.75) is 20.3 Å². The molecule has 0 heterocycles. The van der Waals surface area contributed by atoms with E-state index in [9.17, 15) is 4.79 Å². The Kier molecular flexibility index (Phi) is 3.51. The van der Waals surface area contributed by atoms with Gasteiger partial charge in [0.15, 0.2) is 6.61 Å². The standard InChI is InChI=1S/C11H14O3/c1-3-9-6-4-5-8(2)11(9)14-7-10(12)13/h4-6H,3,7H2,1-2H3,(H,12,13). The van der Waals surface area contributed by atoms with Crippen molar-refractivity contribution in [2.75, 3.05) is 6.61 Å². The van der Waals surface area contributed by atoms with Crippen molar-refractivity contribution < 1.29 is 14.6 Å². The molecule has 1 aromatic rings. The fourth-order valence-electron chi connectivity index (χ4n) is 1.33. The van der Waals surface area contributed by atoms with E-state index in [0.717, 1.165) is 17.5 Å². The average molecular weight is 194 g/mol. The third-order valence-corrected chi connectivity index (χ3v) is 2.01. The first-order valence-electron chi connectivity index (χ1n) is 4.58. The zero-order valence-electron chi connectivity index (χ0n) is 8.41. The highest BCUT2D eigenvalue weighted by Gasteiger charge is 2.06. The topological polar surface area (TPSA) is 46.5 Å². The predicted molar refractivity (Wildman–Crippen MR) is 53.7 cm³/mol. The molecule has 1 N–H and O–H groups in total. The molecule has 76 valence electrons. The van der Waals surface area contributed by atoms with Crippen molar-refractivity contribution >= 4 is 5.97 Å². The van der Waals surface area contributed by atoms with Gasteiger partial charge in [-0.25, -0.2) is 4.79 Å². The molecule has 0 aliphatic rings. The molecule has 0 unspecified atom stereocenters. The maximum absolute atomic E-state index is 10.4. The number of aryl methyl sites for hydroxylation is 2. The number of hydrogen-bond donors (Lipinski definition) is 1. The summed E-state index contributed by atoms with van der Waals surface area (Å²) in [5.74, 6) is -0.243. The lowest BCUT2D eigenvalue weighted by molar-refractivity contribution is -0.139. The summed E-state index contributed by atoms with van der Waals surface area (Å²) in [6, 6.07) is 5.81. The largest absolute Gasteiger partial charge is 0.481 e. The van der Waals surface area contributed by atoms with Gasteiger partial charge >= 0.3 is 5.97 Å². The Balaban J connectivity index is 2.87. The Morgan fingerprint density at radius 3 is 2.79 bits per heavy atom. The van der Waals surface area contributed by atoms with Crippen LogP contribution >= 0.6 is 0 Å². The molecule has 0 aliphatic carbocycles. The normalized spacial score (nSPS) is 9.86. The summed E-state index contributed by atoms with van der Waals surface area (Å²) < 4.78 is 5.22. The molecule has 3 heteroatoms. The molecule has 0 radical (unpaired) electrons. The fourth-order valence-corrected chi connectivity index (χ4v) is 1.33. The second-order valence-corrected chi connectivity index (χ2v) is 3.10. The molecule has 0 atom stereocenters. The molecule has 0 spiro atoms. The Labute approximate surface area is 83.3 Å². The Morgan fingerprint density at radius 2 is 2.21 bits per heavy atom. The molecule has 0 amide bonds. The molecule has 3 nitrogen and oxygen atoms in total. The molecule has 1 rings (SSSR count). The van der Waals surface area contributed by atoms with Crippen LogP contribution in [0.1, 0.15) is 18.1 Å². The van der Waals surface area contributed by atoms with Crippen LogP contribution in [0.15, 0.2) is 18.2 Å². The summed E-state index contributed by atoms with van der Waals surface area (Å²) in [5, 5.41) is 8.50. The Morgan fingerprint density at radius 1 is 1.50 bits per heavy atom. The van der Waals surface area contributed by atoms with Crippen LogP contribution in [-0.4, -0.2) is 17.7 Å². The molecular formula is C11H14O3. The van der Waals surface area contributed by atoms with Crippen LogP contribution in [-0.2, 0) is 11.2 Å². The van der Waals surface area contributed by atoms with E-state index in [-0.39, 0.29) is 6.61 Å². The average Bonchev–Trinajstić information content (AvgIpc) is 2.15. The number of rotatable bonds is 4. The van der Waals surface area contributed by atoms with Crippen LogP contribution in [0.2, 0.25) is 0 Å². The molecule has 1 aromatic carbocycles. The highest BCUT2D eigenvalue weighted by Crippen LogP contribution is 2.23. The number of ether oxygens (including phenoxy) is 1. The van der Waals surface area contributed by atoms with Crippen LogP contribution in [0, 0.1) is 6.92 Å². The van der Waals surface area contributed by atoms with Crippen molar-refractivity contribution in [1.82, 2.24) is 0 Å². The summed E-state index contributed by atoms with van der Waals surface area (Å²) >= 11 is 0. The van der Waals surface area contributed by atoms with Gasteiger partial charge in [-0.15, -0.1) is 0 Å². The number of aliphatic carboxylic acids is 1. The third kappa shape index (κ3) is 2.49. The van der Waals surface area contributed by atoms with Crippen molar-refractivity contribution in [1.29, 1.82) is 0 Å². The molecule has 0 aromatic heterocycles. The molecule has 0 fully saturated rings. The van der Waals surface area contributed by atoms with Gasteiger partial charge < -0.3 is 9.84 Å². The van der Waals surface area contributed by atoms with Crippen molar-refractivity contribution in [2.24, 2.45) is 0 Å². The van der Waals surface area contributed by atoms with E-state index in [4.69, 9.17) is 9.84 Å². The summed E-state index contributed by atoms with van der Waals surface area (Å²) in [5.41, 5.74) is 2.02. The second-order valence-electron chi connectivity index (χ2n) is 3.10. The van der Waals surface area contributed by atoms with Gasteiger partial charge in [0.05, 0.1) is 0 Å². The third-order valence-electron chi connectivity index (χ3n) is 2.01. The summed E-state index contributed by atoms with van der Waals surface area (Å²) in [6.45, 7) is 3.65. The van der Waals surface area contributed by atoms with Crippen LogP contribution in [0.3, 0.4) is 0 Å². The van der Waals surface area contributed by atoms with E-state index in [1.165, 1.54) is 0 Å². The maximum Gasteiger partial charge on any atom is 0.341 e. The van der Waals surface area contributed by atoms with Crippen LogP contribution < -0.4 is 4.74 Å². The van der Waals surface area contributed by atoms with Gasteiger partial charge in [-0.1, -0.05) is 25.1 Å². The number of para-hydroxylation sites is 1. The van der Waals surface area contributed by atoms with E-state index in [0.29, 0.717) is 5.75 Å². The second kappa shape index (κ2) is 4.65. The van der Waals surface area contributed by atoms with Crippen molar-refractivity contribution in [3.8, 4) is 5.75 Å². The molecule has 0 saturated heterocycles. The summed E-state index contributed by atoms with van der Waals surface area (Å²) in [7, 11) is 0. The van der Waals surface area contributed by atoms with Crippen molar-refractivity contribution in [3.05, 3.63) is 29.3 Å². The first-order valence-corrected chi connectivity index (χ1v) is 4.58. The molecule has 14 heavy (non-hydrogen) atoms. The van der Waals surface area contributed by atoms with E-state index in [1.54, 1.807) is 0 Å². The molecular weight excluding hydrogens is 180 g/mol. The van der Waals surface area contributed by atoms with Gasteiger partial charge in [-0.2, -0.15) is 0 Å². The SMILES string of the molecule is CCc1cccc(C)c1OCC(=O)O. The minimum Gasteiger partial charge on any atom is -0.481 e. The number of carbonyl (C=O) groups is 1. The van der Waals surface area contributed by atoms with Crippen molar-refractivity contribution in [3.63, 3.8) is 0 Å². The zero-order valence-corrected chi connectivity index (χ0v) is 8.41. The lowest BCUT2D eigenvalue weighted by Gasteiger charge is -2.11. The first kappa shape index (κ1) is 10.6. The highest BCUT2D eigenvalue weighted by molar-refractivity contribution is 5.68. The Hall–Kier alpha value is -1.51. The highest BCUT2D eigenvalue weighted by atomic mass is 16.5. The molecule has 0 aliphatic heterocycles. The fraction of sp³-hybridized carbons (Fsp3) is 0.364. The number of carboxylic acid groups (broad SMARTS) is 1. The van der Waals surface area contributed by atoms with E-state index < -0.39 is 5.97 Å². The van der Waals surface area contributed by atoms with Crippen LogP contribution in [0.5, 0.6) is 5.75 Å². The lowest BCUT2D eigenvalue weighted by Crippen LogP contribution is -2.11. The van der Waals surface area contributed by atoms with Gasteiger partial charge in [0.2, 0.25) is 0 Å². The van der Waals surface area contributed by atoms with E-state index in [1.807, 2.05) is 32.0 Å². The smallest absolute Gasteiger partial charge is 0.341 e.